The Labute approximate surface area is 292 Å². The molecule has 6 unspecified atom stereocenters. The van der Waals surface area contributed by atoms with Crippen LogP contribution in [0.2, 0.25) is 0 Å². The molecule has 8 N–H and O–H groups in total. The average Bonchev–Trinajstić information content (AvgIpc) is 3.41. The Morgan fingerprint density at radius 1 is 1.20 bits per heavy atom. The number of carbonyl (C=O) groups is 1. The van der Waals surface area contributed by atoms with Gasteiger partial charge in [0.2, 0.25) is 0 Å². The summed E-state index contributed by atoms with van der Waals surface area (Å²) in [4.78, 5) is 13.8. The molecule has 266 valence electrons. The zero-order valence-corrected chi connectivity index (χ0v) is 29.5. The zero-order chi connectivity index (χ0) is 35.8. The first kappa shape index (κ1) is 38.7. The summed E-state index contributed by atoms with van der Waals surface area (Å²) in [5.74, 6) is 5.53. The van der Waals surface area contributed by atoms with Gasteiger partial charge in [-0.1, -0.05) is 78.1 Å². The third-order valence-electron chi connectivity index (χ3n) is 11.1. The van der Waals surface area contributed by atoms with E-state index < -0.39 is 29.4 Å². The minimum atomic E-state index is -1.22. The molecule has 2 aliphatic carbocycles. The van der Waals surface area contributed by atoms with Crippen molar-refractivity contribution in [2.45, 2.75) is 103 Å². The second kappa shape index (κ2) is 17.2. The van der Waals surface area contributed by atoms with Gasteiger partial charge in [-0.3, -0.25) is 4.79 Å². The molecule has 0 radical (unpaired) electrons. The van der Waals surface area contributed by atoms with Crippen LogP contribution in [-0.2, 0) is 16.0 Å². The highest BCUT2D eigenvalue weighted by molar-refractivity contribution is 5.97. The zero-order valence-electron chi connectivity index (χ0n) is 29.5. The number of allylic oxidation sites excluding steroid dienone is 5. The maximum absolute atomic E-state index is 13.8. The second-order valence-electron chi connectivity index (χ2n) is 14.3. The third kappa shape index (κ3) is 8.97. The highest BCUT2D eigenvalue weighted by Gasteiger charge is 2.64. The molecule has 0 amide bonds. The van der Waals surface area contributed by atoms with Crippen LogP contribution in [0.15, 0.2) is 83.0 Å². The minimum Gasteiger partial charge on any atom is -0.396 e. The Kier molecular flexibility index (Phi) is 13.6. The summed E-state index contributed by atoms with van der Waals surface area (Å²) in [5.41, 5.74) is 15.3. The summed E-state index contributed by atoms with van der Waals surface area (Å²) < 4.78 is 6.01. The lowest BCUT2D eigenvalue weighted by molar-refractivity contribution is -0.167. The number of carbonyl (C=O) groups excluding carboxylic acids is 1. The Morgan fingerprint density at radius 2 is 1.98 bits per heavy atom. The Balaban J connectivity index is 1.69. The molecule has 4 rings (SSSR count). The lowest BCUT2D eigenvalue weighted by Crippen LogP contribution is -2.59. The maximum atomic E-state index is 13.8. The van der Waals surface area contributed by atoms with Gasteiger partial charge in [-0.15, -0.1) is 0 Å². The molecule has 49 heavy (non-hydrogen) atoms. The summed E-state index contributed by atoms with van der Waals surface area (Å²) in [6.07, 6.45) is 9.54. The number of hydrogen-bond donors (Lipinski definition) is 6. The van der Waals surface area contributed by atoms with Crippen LogP contribution < -0.4 is 11.5 Å². The molecule has 8 nitrogen and oxygen atoms in total. The van der Waals surface area contributed by atoms with Crippen LogP contribution in [0, 0.1) is 29.1 Å². The molecule has 6 atom stereocenters. The molecule has 0 aromatic heterocycles. The maximum Gasteiger partial charge on any atom is 0.162 e. The summed E-state index contributed by atoms with van der Waals surface area (Å²) >= 11 is 0. The van der Waals surface area contributed by atoms with E-state index >= 15 is 0 Å². The van der Waals surface area contributed by atoms with Crippen LogP contribution in [0.1, 0.15) is 89.4 Å². The van der Waals surface area contributed by atoms with Gasteiger partial charge in [0.1, 0.15) is 6.61 Å². The molecule has 3 aliphatic rings. The van der Waals surface area contributed by atoms with E-state index in [1.54, 1.807) is 6.08 Å². The third-order valence-corrected chi connectivity index (χ3v) is 11.1. The van der Waals surface area contributed by atoms with Crippen LogP contribution in [0.4, 0.5) is 0 Å². The van der Waals surface area contributed by atoms with Crippen molar-refractivity contribution >= 4 is 5.78 Å². The highest BCUT2D eigenvalue weighted by Crippen LogP contribution is 2.63. The van der Waals surface area contributed by atoms with E-state index in [1.165, 1.54) is 0 Å². The van der Waals surface area contributed by atoms with Crippen LogP contribution in [-0.4, -0.2) is 63.8 Å². The van der Waals surface area contributed by atoms with Gasteiger partial charge in [-0.05, 0) is 99.5 Å². The summed E-state index contributed by atoms with van der Waals surface area (Å²) in [7, 11) is 0. The molecule has 2 fully saturated rings. The fraction of sp³-hybridized carbons (Fsp3) is 0.537. The second-order valence-corrected chi connectivity index (χ2v) is 14.3. The first-order chi connectivity index (χ1) is 23.3. The van der Waals surface area contributed by atoms with Gasteiger partial charge in [0.25, 0.3) is 0 Å². The van der Waals surface area contributed by atoms with Crippen molar-refractivity contribution in [2.24, 2.45) is 28.7 Å². The van der Waals surface area contributed by atoms with Gasteiger partial charge >= 0.3 is 0 Å². The number of ketones is 1. The van der Waals surface area contributed by atoms with Crippen molar-refractivity contribution in [3.63, 3.8) is 0 Å². The first-order valence-electron chi connectivity index (χ1n) is 17.6. The van der Waals surface area contributed by atoms with E-state index in [2.05, 4.69) is 18.4 Å². The van der Waals surface area contributed by atoms with Crippen LogP contribution in [0.5, 0.6) is 0 Å². The van der Waals surface area contributed by atoms with Gasteiger partial charge in [0, 0.05) is 30.8 Å². The van der Waals surface area contributed by atoms with Crippen molar-refractivity contribution in [2.75, 3.05) is 19.8 Å². The van der Waals surface area contributed by atoms with Crippen LogP contribution >= 0.6 is 0 Å². The van der Waals surface area contributed by atoms with Crippen LogP contribution in [0.3, 0.4) is 0 Å². The average molecular weight is 673 g/mol. The molecular weight excluding hydrogens is 616 g/mol. The SMILES string of the molecule is C=C1C=CC=C(C2CCC3(C(CCCO)C(=C(C)C(=O)Cc4cccc(C(N)N)c4)CCC3(C)O)C2O)COCC#CCC(C)=CCC1O. The fourth-order valence-electron chi connectivity index (χ4n) is 8.16. The van der Waals surface area contributed by atoms with Crippen molar-refractivity contribution in [1.82, 2.24) is 0 Å². The quantitative estimate of drug-likeness (QED) is 0.0987. The number of hydrogen-bond acceptors (Lipinski definition) is 8. The van der Waals surface area contributed by atoms with Crippen molar-refractivity contribution in [3.05, 3.63) is 94.1 Å². The van der Waals surface area contributed by atoms with Gasteiger partial charge in [0.05, 0.1) is 30.6 Å². The number of rotatable bonds is 8. The van der Waals surface area contributed by atoms with Crippen molar-refractivity contribution in [3.8, 4) is 11.8 Å². The smallest absolute Gasteiger partial charge is 0.162 e. The number of nitrogens with two attached hydrogens (primary N) is 2. The molecule has 1 heterocycles. The molecule has 8 heteroatoms. The van der Waals surface area contributed by atoms with E-state index in [9.17, 15) is 25.2 Å². The van der Waals surface area contributed by atoms with Gasteiger partial charge in [-0.2, -0.15) is 0 Å². The Morgan fingerprint density at radius 3 is 2.71 bits per heavy atom. The number of Topliss-reactive ketones (excluding diaryl/α,β-unsaturated/α-hetero) is 1. The largest absolute Gasteiger partial charge is 0.396 e. The standard InChI is InChI=1S/C41H56N2O6/c1-27-10-5-6-23-49-26-32(14-7-11-28(2)36(45)17-16-27)34-19-21-41(38(34)47)35(15-9-22-44)33(18-20-40(41,4)48)29(3)37(46)25-30-12-8-13-31(24-30)39(42)43/h7-8,11-14,16,24,34-36,38-39,44-45,47-48H,2,9-10,15,17-23,25-26,42-43H2,1,3-4H3. The Hall–Kier alpha value is -3.13. The van der Waals surface area contributed by atoms with E-state index in [1.807, 2.05) is 63.3 Å². The van der Waals surface area contributed by atoms with Crippen molar-refractivity contribution < 1.29 is 30.0 Å². The lowest BCUT2D eigenvalue weighted by Gasteiger charge is -2.55. The predicted molar refractivity (Wildman–Crippen MR) is 194 cm³/mol. The molecule has 0 saturated heterocycles. The molecule has 1 aliphatic heterocycles. The number of aliphatic hydroxyl groups excluding tert-OH is 3. The van der Waals surface area contributed by atoms with E-state index in [4.69, 9.17) is 16.2 Å². The molecule has 1 spiro atoms. The van der Waals surface area contributed by atoms with Gasteiger partial charge < -0.3 is 36.6 Å². The topological polar surface area (TPSA) is 159 Å². The molecule has 1 aromatic carbocycles. The van der Waals surface area contributed by atoms with Crippen molar-refractivity contribution in [1.29, 1.82) is 0 Å². The minimum absolute atomic E-state index is 0.0236. The molecular formula is C41H56N2O6. The summed E-state index contributed by atoms with van der Waals surface area (Å²) in [6, 6.07) is 7.44. The van der Waals surface area contributed by atoms with Gasteiger partial charge in [-0.25, -0.2) is 0 Å². The molecule has 1 aromatic rings. The fourth-order valence-corrected chi connectivity index (χ4v) is 8.16. The highest BCUT2D eigenvalue weighted by atomic mass is 16.5. The van der Waals surface area contributed by atoms with Crippen LogP contribution in [0.25, 0.3) is 0 Å². The van der Waals surface area contributed by atoms with E-state index in [0.717, 1.165) is 27.8 Å². The lowest BCUT2D eigenvalue weighted by atomic mass is 9.52. The molecule has 2 saturated carbocycles. The Bertz CT molecular complexity index is 1540. The van der Waals surface area contributed by atoms with Gasteiger partial charge in [0.15, 0.2) is 5.78 Å². The molecule has 0 bridgehead atoms. The first-order valence-corrected chi connectivity index (χ1v) is 17.6. The number of benzene rings is 1. The summed E-state index contributed by atoms with van der Waals surface area (Å²) in [5, 5.41) is 45.2. The van der Waals surface area contributed by atoms with E-state index in [-0.39, 0.29) is 43.9 Å². The number of ether oxygens (including phenoxy) is 1. The predicted octanol–water partition coefficient (Wildman–Crippen LogP) is 4.88. The van der Waals surface area contributed by atoms with E-state index in [0.29, 0.717) is 62.5 Å². The summed E-state index contributed by atoms with van der Waals surface area (Å²) in [6.45, 7) is 10.2. The normalized spacial score (nSPS) is 31.0. The monoisotopic (exact) mass is 672 g/mol. The number of aliphatic hydroxyl groups is 4.